The first-order valence-corrected chi connectivity index (χ1v) is 6.99. The lowest BCUT2D eigenvalue weighted by atomic mass is 9.83. The second-order valence-electron chi connectivity index (χ2n) is 5.25. The van der Waals surface area contributed by atoms with Crippen LogP contribution in [0, 0.1) is 0 Å². The van der Waals surface area contributed by atoms with Gasteiger partial charge in [-0.1, -0.05) is 13.8 Å². The van der Waals surface area contributed by atoms with Crippen LogP contribution in [-0.2, 0) is 0 Å². The van der Waals surface area contributed by atoms with Crippen LogP contribution in [0.25, 0.3) is 0 Å². The van der Waals surface area contributed by atoms with Gasteiger partial charge in [-0.2, -0.15) is 0 Å². The van der Waals surface area contributed by atoms with Gasteiger partial charge in [0.05, 0.1) is 0 Å². The number of rotatable bonds is 3. The van der Waals surface area contributed by atoms with E-state index in [1.807, 2.05) is 0 Å². The molecule has 2 aliphatic heterocycles. The van der Waals surface area contributed by atoms with Crippen LogP contribution in [0.5, 0.6) is 0 Å². The van der Waals surface area contributed by atoms with Gasteiger partial charge >= 0.3 is 0 Å². The lowest BCUT2D eigenvalue weighted by molar-refractivity contribution is 0.0104. The molecule has 0 aromatic heterocycles. The van der Waals surface area contributed by atoms with Crippen molar-refractivity contribution < 1.29 is 0 Å². The van der Waals surface area contributed by atoms with E-state index in [1.165, 1.54) is 65.1 Å². The first-order chi connectivity index (χ1) is 7.80. The highest BCUT2D eigenvalue weighted by molar-refractivity contribution is 4.95. The van der Waals surface area contributed by atoms with Gasteiger partial charge in [-0.15, -0.1) is 0 Å². The van der Waals surface area contributed by atoms with Crippen molar-refractivity contribution in [1.82, 2.24) is 15.1 Å². The lowest BCUT2D eigenvalue weighted by Crippen LogP contribution is -2.60. The van der Waals surface area contributed by atoms with Crippen molar-refractivity contribution in [2.45, 2.75) is 38.6 Å². The number of piperazine rings is 1. The quantitative estimate of drug-likeness (QED) is 0.777. The zero-order valence-corrected chi connectivity index (χ0v) is 11.0. The van der Waals surface area contributed by atoms with E-state index >= 15 is 0 Å². The Labute approximate surface area is 100 Å². The maximum absolute atomic E-state index is 3.50. The normalized spacial score (nSPS) is 28.1. The minimum atomic E-state index is 0.519. The van der Waals surface area contributed by atoms with Gasteiger partial charge in [0.2, 0.25) is 0 Å². The third kappa shape index (κ3) is 2.41. The molecule has 0 aliphatic carbocycles. The summed E-state index contributed by atoms with van der Waals surface area (Å²) in [7, 11) is 0. The van der Waals surface area contributed by atoms with E-state index in [4.69, 9.17) is 0 Å². The van der Waals surface area contributed by atoms with Crippen LogP contribution in [-0.4, -0.2) is 61.2 Å². The molecule has 2 aliphatic rings. The standard InChI is InChI=1S/C13H27N3/c1-3-13(5-7-14-8-6-13)16-11-9-15(4-2)10-12-16/h14H,3-12H2,1-2H3. The summed E-state index contributed by atoms with van der Waals surface area (Å²) in [4.78, 5) is 5.35. The van der Waals surface area contributed by atoms with E-state index in [2.05, 4.69) is 29.0 Å². The van der Waals surface area contributed by atoms with Crippen molar-refractivity contribution in [2.75, 3.05) is 45.8 Å². The Morgan fingerprint density at radius 3 is 2.12 bits per heavy atom. The second-order valence-corrected chi connectivity index (χ2v) is 5.25. The Morgan fingerprint density at radius 2 is 1.62 bits per heavy atom. The van der Waals surface area contributed by atoms with Crippen molar-refractivity contribution in [3.8, 4) is 0 Å². The number of nitrogens with one attached hydrogen (secondary N) is 1. The highest BCUT2D eigenvalue weighted by atomic mass is 15.3. The largest absolute Gasteiger partial charge is 0.317 e. The van der Waals surface area contributed by atoms with Gasteiger partial charge in [0.1, 0.15) is 0 Å². The summed E-state index contributed by atoms with van der Waals surface area (Å²) >= 11 is 0. The highest BCUT2D eigenvalue weighted by Gasteiger charge is 2.37. The minimum absolute atomic E-state index is 0.519. The van der Waals surface area contributed by atoms with E-state index in [1.54, 1.807) is 0 Å². The molecule has 0 radical (unpaired) electrons. The number of hydrogen-bond donors (Lipinski definition) is 1. The Kier molecular flexibility index (Phi) is 4.22. The number of hydrogen-bond acceptors (Lipinski definition) is 3. The molecule has 0 bridgehead atoms. The third-order valence-electron chi connectivity index (χ3n) is 4.68. The van der Waals surface area contributed by atoms with Crippen molar-refractivity contribution in [3.05, 3.63) is 0 Å². The van der Waals surface area contributed by atoms with Gasteiger partial charge in [-0.3, -0.25) is 4.90 Å². The van der Waals surface area contributed by atoms with Crippen LogP contribution in [0.2, 0.25) is 0 Å². The molecule has 0 spiro atoms. The van der Waals surface area contributed by atoms with Crippen LogP contribution in [0.4, 0.5) is 0 Å². The highest BCUT2D eigenvalue weighted by Crippen LogP contribution is 2.30. The van der Waals surface area contributed by atoms with Gasteiger partial charge in [0, 0.05) is 31.7 Å². The van der Waals surface area contributed by atoms with E-state index in [0.717, 1.165) is 0 Å². The fraction of sp³-hybridized carbons (Fsp3) is 1.00. The Hall–Kier alpha value is -0.120. The SMILES string of the molecule is CCN1CCN(C2(CC)CCNCC2)CC1. The number of nitrogens with zero attached hydrogens (tertiary/aromatic N) is 2. The number of likely N-dealkylation sites (N-methyl/N-ethyl adjacent to an activating group) is 1. The van der Waals surface area contributed by atoms with Crippen LogP contribution < -0.4 is 5.32 Å². The van der Waals surface area contributed by atoms with Crippen molar-refractivity contribution in [2.24, 2.45) is 0 Å². The maximum Gasteiger partial charge on any atom is 0.0232 e. The molecule has 2 heterocycles. The average Bonchev–Trinajstić information content (AvgIpc) is 2.39. The van der Waals surface area contributed by atoms with Crippen molar-refractivity contribution >= 4 is 0 Å². The zero-order valence-electron chi connectivity index (χ0n) is 11.0. The van der Waals surface area contributed by atoms with Crippen molar-refractivity contribution in [3.63, 3.8) is 0 Å². The second kappa shape index (κ2) is 5.48. The summed E-state index contributed by atoms with van der Waals surface area (Å²) < 4.78 is 0. The Morgan fingerprint density at radius 1 is 1.00 bits per heavy atom. The van der Waals surface area contributed by atoms with Gasteiger partial charge in [-0.25, -0.2) is 0 Å². The smallest absolute Gasteiger partial charge is 0.0232 e. The molecule has 1 N–H and O–H groups in total. The first-order valence-electron chi connectivity index (χ1n) is 6.99. The van der Waals surface area contributed by atoms with Crippen LogP contribution in [0.1, 0.15) is 33.1 Å². The predicted octanol–water partition coefficient (Wildman–Crippen LogP) is 1.16. The maximum atomic E-state index is 3.50. The first kappa shape index (κ1) is 12.3. The summed E-state index contributed by atoms with van der Waals surface area (Å²) in [6.45, 7) is 13.4. The molecule has 0 atom stereocenters. The predicted molar refractivity (Wildman–Crippen MR) is 68.8 cm³/mol. The molecule has 2 rings (SSSR count). The van der Waals surface area contributed by atoms with E-state index in [-0.39, 0.29) is 0 Å². The van der Waals surface area contributed by atoms with Crippen LogP contribution in [0.3, 0.4) is 0 Å². The molecule has 0 amide bonds. The summed E-state index contributed by atoms with van der Waals surface area (Å²) in [5.41, 5.74) is 0.519. The zero-order chi connectivity index (χ0) is 11.4. The topological polar surface area (TPSA) is 18.5 Å². The van der Waals surface area contributed by atoms with Gasteiger partial charge in [-0.05, 0) is 38.9 Å². The average molecular weight is 225 g/mol. The summed E-state index contributed by atoms with van der Waals surface area (Å²) in [5.74, 6) is 0. The Balaban J connectivity index is 1.94. The molecule has 16 heavy (non-hydrogen) atoms. The summed E-state index contributed by atoms with van der Waals surface area (Å²) in [6.07, 6.45) is 4.01. The molecule has 0 saturated carbocycles. The minimum Gasteiger partial charge on any atom is -0.317 e. The van der Waals surface area contributed by atoms with Gasteiger partial charge < -0.3 is 10.2 Å². The third-order valence-corrected chi connectivity index (χ3v) is 4.68. The molecule has 0 aromatic rings. The monoisotopic (exact) mass is 225 g/mol. The molecular formula is C13H27N3. The molecule has 2 fully saturated rings. The molecule has 0 unspecified atom stereocenters. The molecule has 2 saturated heterocycles. The number of piperidine rings is 1. The van der Waals surface area contributed by atoms with E-state index in [9.17, 15) is 0 Å². The molecule has 94 valence electrons. The fourth-order valence-electron chi connectivity index (χ4n) is 3.32. The van der Waals surface area contributed by atoms with Crippen LogP contribution >= 0.6 is 0 Å². The van der Waals surface area contributed by atoms with E-state index < -0.39 is 0 Å². The van der Waals surface area contributed by atoms with Crippen LogP contribution in [0.15, 0.2) is 0 Å². The van der Waals surface area contributed by atoms with Gasteiger partial charge in [0.25, 0.3) is 0 Å². The summed E-state index contributed by atoms with van der Waals surface area (Å²) in [5, 5.41) is 3.50. The molecule has 3 heteroatoms. The molecule has 0 aromatic carbocycles. The molecular weight excluding hydrogens is 198 g/mol. The Bertz CT molecular complexity index is 203. The fourth-order valence-corrected chi connectivity index (χ4v) is 3.32. The van der Waals surface area contributed by atoms with E-state index in [0.29, 0.717) is 5.54 Å². The van der Waals surface area contributed by atoms with Crippen molar-refractivity contribution in [1.29, 1.82) is 0 Å². The summed E-state index contributed by atoms with van der Waals surface area (Å²) in [6, 6.07) is 0. The molecule has 3 nitrogen and oxygen atoms in total. The lowest BCUT2D eigenvalue weighted by Gasteiger charge is -2.49. The van der Waals surface area contributed by atoms with Gasteiger partial charge in [0.15, 0.2) is 0 Å².